The number of para-hydroxylation sites is 1. The molecule has 0 aromatic heterocycles. The van der Waals surface area contributed by atoms with Gasteiger partial charge >= 0.3 is 0 Å². The molecule has 4 nitrogen and oxygen atoms in total. The lowest BCUT2D eigenvalue weighted by Gasteiger charge is -2.21. The van der Waals surface area contributed by atoms with Gasteiger partial charge in [-0.3, -0.25) is 9.69 Å². The number of aryl methyl sites for hydroxylation is 1. The third-order valence-electron chi connectivity index (χ3n) is 4.31. The smallest absolute Gasteiger partial charge is 0.234 e. The Labute approximate surface area is 149 Å². The van der Waals surface area contributed by atoms with E-state index in [0.717, 1.165) is 12.3 Å². The molecular formula is C21H26N2O2. The first kappa shape index (κ1) is 17.5. The topological polar surface area (TPSA) is 41.6 Å². The molecule has 0 heterocycles. The predicted octanol–water partition coefficient (Wildman–Crippen LogP) is 3.15. The highest BCUT2D eigenvalue weighted by Crippen LogP contribution is 2.28. The molecule has 1 N–H and O–H groups in total. The van der Waals surface area contributed by atoms with E-state index in [0.29, 0.717) is 25.7 Å². The third-order valence-corrected chi connectivity index (χ3v) is 4.31. The van der Waals surface area contributed by atoms with Gasteiger partial charge in [-0.15, -0.1) is 0 Å². The molecule has 0 radical (unpaired) electrons. The fraction of sp³-hybridized carbons (Fsp3) is 0.381. The van der Waals surface area contributed by atoms with Crippen molar-refractivity contribution in [3.05, 3.63) is 65.7 Å². The highest BCUT2D eigenvalue weighted by atomic mass is 16.5. The first-order valence-corrected chi connectivity index (χ1v) is 8.95. The van der Waals surface area contributed by atoms with Gasteiger partial charge in [0.1, 0.15) is 12.4 Å². The van der Waals surface area contributed by atoms with Crippen LogP contribution in [0.25, 0.3) is 0 Å². The summed E-state index contributed by atoms with van der Waals surface area (Å²) in [6.07, 6.45) is 2.38. The molecule has 1 aliphatic rings. The van der Waals surface area contributed by atoms with Crippen LogP contribution in [0.2, 0.25) is 0 Å². The molecule has 2 aromatic carbocycles. The molecule has 25 heavy (non-hydrogen) atoms. The zero-order valence-electron chi connectivity index (χ0n) is 14.8. The molecule has 0 atom stereocenters. The maximum atomic E-state index is 12.2. The number of benzene rings is 2. The van der Waals surface area contributed by atoms with Crippen molar-refractivity contribution in [1.82, 2.24) is 10.2 Å². The molecule has 1 fully saturated rings. The summed E-state index contributed by atoms with van der Waals surface area (Å²) in [6, 6.07) is 18.7. The van der Waals surface area contributed by atoms with Gasteiger partial charge in [-0.1, -0.05) is 48.0 Å². The number of hydrogen-bond donors (Lipinski definition) is 1. The molecule has 0 spiro atoms. The first-order valence-electron chi connectivity index (χ1n) is 8.95. The highest BCUT2D eigenvalue weighted by molar-refractivity contribution is 5.78. The van der Waals surface area contributed by atoms with Crippen LogP contribution >= 0.6 is 0 Å². The van der Waals surface area contributed by atoms with Crippen LogP contribution in [-0.2, 0) is 11.3 Å². The minimum absolute atomic E-state index is 0.0659. The van der Waals surface area contributed by atoms with Gasteiger partial charge in [0, 0.05) is 12.6 Å². The average Bonchev–Trinajstić information content (AvgIpc) is 3.44. The number of amides is 1. The van der Waals surface area contributed by atoms with Crippen LogP contribution in [-0.4, -0.2) is 36.5 Å². The van der Waals surface area contributed by atoms with Crippen molar-refractivity contribution in [3.63, 3.8) is 0 Å². The van der Waals surface area contributed by atoms with E-state index >= 15 is 0 Å². The van der Waals surface area contributed by atoms with Crippen molar-refractivity contribution >= 4 is 5.91 Å². The molecular weight excluding hydrogens is 312 g/mol. The molecule has 3 rings (SSSR count). The standard InChI is InChI=1S/C21H26N2O2/c1-17-6-5-7-18(14-17)15-23(19-10-11-19)16-21(24)22-12-13-25-20-8-3-2-4-9-20/h2-9,14,19H,10-13,15-16H2,1H3,(H,22,24). The minimum Gasteiger partial charge on any atom is -0.492 e. The van der Waals surface area contributed by atoms with Crippen molar-refractivity contribution in [2.45, 2.75) is 32.4 Å². The van der Waals surface area contributed by atoms with Crippen LogP contribution < -0.4 is 10.1 Å². The van der Waals surface area contributed by atoms with Gasteiger partial charge in [0.05, 0.1) is 13.1 Å². The lowest BCUT2D eigenvalue weighted by atomic mass is 10.1. The summed E-state index contributed by atoms with van der Waals surface area (Å²) in [5.41, 5.74) is 2.53. The second-order valence-corrected chi connectivity index (χ2v) is 6.64. The van der Waals surface area contributed by atoms with E-state index in [-0.39, 0.29) is 5.91 Å². The van der Waals surface area contributed by atoms with E-state index in [4.69, 9.17) is 4.74 Å². The lowest BCUT2D eigenvalue weighted by Crippen LogP contribution is -2.39. The summed E-state index contributed by atoms with van der Waals surface area (Å²) < 4.78 is 5.60. The molecule has 0 saturated heterocycles. The van der Waals surface area contributed by atoms with E-state index < -0.39 is 0 Å². The summed E-state index contributed by atoms with van der Waals surface area (Å²) in [5.74, 6) is 0.895. The fourth-order valence-corrected chi connectivity index (χ4v) is 2.92. The van der Waals surface area contributed by atoms with Gasteiger partial charge in [0.25, 0.3) is 0 Å². The average molecular weight is 338 g/mol. The Kier molecular flexibility index (Phi) is 6.07. The Morgan fingerprint density at radius 3 is 2.68 bits per heavy atom. The molecule has 0 unspecified atom stereocenters. The summed E-state index contributed by atoms with van der Waals surface area (Å²) in [6.45, 7) is 4.39. The Balaban J connectivity index is 1.42. The maximum absolute atomic E-state index is 12.2. The van der Waals surface area contributed by atoms with Crippen molar-refractivity contribution < 1.29 is 9.53 Å². The van der Waals surface area contributed by atoms with Crippen LogP contribution in [0.15, 0.2) is 54.6 Å². The number of rotatable bonds is 9. The molecule has 4 heteroatoms. The van der Waals surface area contributed by atoms with Crippen molar-refractivity contribution in [2.75, 3.05) is 19.7 Å². The van der Waals surface area contributed by atoms with Crippen LogP contribution in [0.5, 0.6) is 5.75 Å². The number of carbonyl (C=O) groups excluding carboxylic acids is 1. The van der Waals surface area contributed by atoms with Gasteiger partial charge in [-0.2, -0.15) is 0 Å². The quantitative estimate of drug-likeness (QED) is 0.714. The van der Waals surface area contributed by atoms with Gasteiger partial charge in [0.15, 0.2) is 0 Å². The Hall–Kier alpha value is -2.33. The predicted molar refractivity (Wildman–Crippen MR) is 99.6 cm³/mol. The second kappa shape index (κ2) is 8.67. The monoisotopic (exact) mass is 338 g/mol. The SMILES string of the molecule is Cc1cccc(CN(CC(=O)NCCOc2ccccc2)C2CC2)c1. The number of nitrogens with one attached hydrogen (secondary N) is 1. The number of ether oxygens (including phenoxy) is 1. The van der Waals surface area contributed by atoms with Crippen molar-refractivity contribution in [3.8, 4) is 5.75 Å². The van der Waals surface area contributed by atoms with E-state index in [1.807, 2.05) is 30.3 Å². The number of nitrogens with zero attached hydrogens (tertiary/aromatic N) is 1. The molecule has 1 amide bonds. The Morgan fingerprint density at radius 1 is 1.16 bits per heavy atom. The molecule has 1 aliphatic carbocycles. The Morgan fingerprint density at radius 2 is 1.96 bits per heavy atom. The normalized spacial score (nSPS) is 13.7. The summed E-state index contributed by atoms with van der Waals surface area (Å²) >= 11 is 0. The highest BCUT2D eigenvalue weighted by Gasteiger charge is 2.30. The second-order valence-electron chi connectivity index (χ2n) is 6.64. The fourth-order valence-electron chi connectivity index (χ4n) is 2.92. The van der Waals surface area contributed by atoms with Crippen LogP contribution in [0, 0.1) is 6.92 Å². The van der Waals surface area contributed by atoms with Gasteiger partial charge in [-0.25, -0.2) is 0 Å². The van der Waals surface area contributed by atoms with Crippen molar-refractivity contribution in [2.24, 2.45) is 0 Å². The summed E-state index contributed by atoms with van der Waals surface area (Å²) in [5, 5.41) is 2.96. The van der Waals surface area contributed by atoms with Crippen LogP contribution in [0.4, 0.5) is 0 Å². The molecule has 132 valence electrons. The van der Waals surface area contributed by atoms with Crippen LogP contribution in [0.3, 0.4) is 0 Å². The number of hydrogen-bond acceptors (Lipinski definition) is 3. The van der Waals surface area contributed by atoms with Crippen LogP contribution in [0.1, 0.15) is 24.0 Å². The van der Waals surface area contributed by atoms with Gasteiger partial charge in [0.2, 0.25) is 5.91 Å². The third kappa shape index (κ3) is 5.91. The molecule has 0 aliphatic heterocycles. The largest absolute Gasteiger partial charge is 0.492 e. The molecule has 0 bridgehead atoms. The molecule has 2 aromatic rings. The first-order chi connectivity index (χ1) is 12.2. The number of carbonyl (C=O) groups is 1. The van der Waals surface area contributed by atoms with Gasteiger partial charge in [-0.05, 0) is 37.5 Å². The molecule has 1 saturated carbocycles. The zero-order valence-corrected chi connectivity index (χ0v) is 14.8. The summed E-state index contributed by atoms with van der Waals surface area (Å²) in [4.78, 5) is 14.5. The van der Waals surface area contributed by atoms with E-state index in [2.05, 4.69) is 41.4 Å². The van der Waals surface area contributed by atoms with E-state index in [1.54, 1.807) is 0 Å². The zero-order chi connectivity index (χ0) is 17.5. The van der Waals surface area contributed by atoms with E-state index in [1.165, 1.54) is 24.0 Å². The summed E-state index contributed by atoms with van der Waals surface area (Å²) in [7, 11) is 0. The maximum Gasteiger partial charge on any atom is 0.234 e. The van der Waals surface area contributed by atoms with Gasteiger partial charge < -0.3 is 10.1 Å². The lowest BCUT2D eigenvalue weighted by molar-refractivity contribution is -0.122. The van der Waals surface area contributed by atoms with E-state index in [9.17, 15) is 4.79 Å². The van der Waals surface area contributed by atoms with Crippen molar-refractivity contribution in [1.29, 1.82) is 0 Å². The Bertz CT molecular complexity index is 683. The minimum atomic E-state index is 0.0659.